The molecule has 5 nitrogen and oxygen atoms in total. The summed E-state index contributed by atoms with van der Waals surface area (Å²) >= 11 is 5.74. The Bertz CT molecular complexity index is 560. The van der Waals surface area contributed by atoms with Crippen LogP contribution in [0.4, 0.5) is 0 Å². The van der Waals surface area contributed by atoms with Crippen molar-refractivity contribution in [3.63, 3.8) is 0 Å². The number of nitrogens with zero attached hydrogens (tertiary/aromatic N) is 2. The molecule has 0 aliphatic rings. The van der Waals surface area contributed by atoms with Gasteiger partial charge in [0.05, 0.1) is 11.2 Å². The molecule has 2 aromatic heterocycles. The smallest absolute Gasteiger partial charge is 0.354 e. The number of hydrogen-bond donors (Lipinski definition) is 1. The van der Waals surface area contributed by atoms with Crippen molar-refractivity contribution < 1.29 is 14.6 Å². The molecule has 0 saturated carbocycles. The highest BCUT2D eigenvalue weighted by Crippen LogP contribution is 2.21. The summed E-state index contributed by atoms with van der Waals surface area (Å²) in [6.45, 7) is 0. The van der Waals surface area contributed by atoms with Gasteiger partial charge in [-0.05, 0) is 6.07 Å². The summed E-state index contributed by atoms with van der Waals surface area (Å²) in [5.74, 6) is -0.541. The predicted octanol–water partition coefficient (Wildman–Crippen LogP) is 2.62. The Balaban J connectivity index is 2.24. The number of ether oxygens (including phenoxy) is 1. The Morgan fingerprint density at radius 3 is 2.88 bits per heavy atom. The van der Waals surface area contributed by atoms with Gasteiger partial charge in [0, 0.05) is 18.3 Å². The summed E-state index contributed by atoms with van der Waals surface area (Å²) in [6, 6.07) is 6.03. The van der Waals surface area contributed by atoms with E-state index in [-0.39, 0.29) is 11.6 Å². The first kappa shape index (κ1) is 11.3. The van der Waals surface area contributed by atoms with Gasteiger partial charge < -0.3 is 9.84 Å². The average Bonchev–Trinajstić information content (AvgIpc) is 2.29. The largest absolute Gasteiger partial charge is 0.477 e. The van der Waals surface area contributed by atoms with Crippen molar-refractivity contribution in [3.8, 4) is 11.6 Å². The minimum Gasteiger partial charge on any atom is -0.477 e. The molecule has 0 aromatic carbocycles. The van der Waals surface area contributed by atoms with E-state index in [1.165, 1.54) is 18.5 Å². The zero-order valence-electron chi connectivity index (χ0n) is 8.50. The molecular formula is C11H7ClN2O3. The highest BCUT2D eigenvalue weighted by atomic mass is 35.5. The second-order valence-corrected chi connectivity index (χ2v) is 3.54. The summed E-state index contributed by atoms with van der Waals surface area (Å²) in [6.07, 6.45) is 2.93. The maximum atomic E-state index is 10.7. The van der Waals surface area contributed by atoms with Crippen LogP contribution in [0.1, 0.15) is 10.5 Å². The first-order chi connectivity index (χ1) is 8.15. The molecule has 0 atom stereocenters. The van der Waals surface area contributed by atoms with Gasteiger partial charge in [0.1, 0.15) is 5.75 Å². The Morgan fingerprint density at radius 1 is 1.35 bits per heavy atom. The SMILES string of the molecule is O=C(O)c1cccc(Oc2cncc(Cl)c2)n1. The highest BCUT2D eigenvalue weighted by Gasteiger charge is 2.06. The van der Waals surface area contributed by atoms with E-state index < -0.39 is 5.97 Å². The lowest BCUT2D eigenvalue weighted by atomic mass is 10.3. The Labute approximate surface area is 102 Å². The lowest BCUT2D eigenvalue weighted by molar-refractivity contribution is 0.0689. The number of hydrogen-bond acceptors (Lipinski definition) is 4. The van der Waals surface area contributed by atoms with E-state index in [1.54, 1.807) is 18.2 Å². The summed E-state index contributed by atoms with van der Waals surface area (Å²) in [4.78, 5) is 18.3. The third-order valence-corrected chi connectivity index (χ3v) is 2.05. The molecule has 0 aliphatic carbocycles. The van der Waals surface area contributed by atoms with Crippen molar-refractivity contribution in [1.82, 2.24) is 9.97 Å². The molecule has 0 fully saturated rings. The summed E-state index contributed by atoms with van der Waals surface area (Å²) in [7, 11) is 0. The second kappa shape index (κ2) is 4.80. The Kier molecular flexibility index (Phi) is 3.20. The zero-order valence-corrected chi connectivity index (χ0v) is 9.26. The van der Waals surface area contributed by atoms with E-state index in [9.17, 15) is 4.79 Å². The van der Waals surface area contributed by atoms with Crippen molar-refractivity contribution in [3.05, 3.63) is 47.4 Å². The molecule has 2 rings (SSSR count). The van der Waals surface area contributed by atoms with Crippen LogP contribution in [0.25, 0.3) is 0 Å². The first-order valence-electron chi connectivity index (χ1n) is 4.64. The van der Waals surface area contributed by atoms with Gasteiger partial charge in [-0.2, -0.15) is 0 Å². The van der Waals surface area contributed by atoms with Crippen LogP contribution in [0.2, 0.25) is 5.02 Å². The lowest BCUT2D eigenvalue weighted by Crippen LogP contribution is -2.00. The maximum absolute atomic E-state index is 10.7. The Morgan fingerprint density at radius 2 is 2.18 bits per heavy atom. The van der Waals surface area contributed by atoms with Crippen LogP contribution in [0, 0.1) is 0 Å². The topological polar surface area (TPSA) is 72.3 Å². The van der Waals surface area contributed by atoms with Gasteiger partial charge >= 0.3 is 5.97 Å². The number of carbonyl (C=O) groups is 1. The molecule has 0 bridgehead atoms. The third-order valence-electron chi connectivity index (χ3n) is 1.84. The van der Waals surface area contributed by atoms with Crippen LogP contribution >= 0.6 is 11.6 Å². The van der Waals surface area contributed by atoms with Crippen molar-refractivity contribution in [2.45, 2.75) is 0 Å². The number of aromatic nitrogens is 2. The molecule has 6 heteroatoms. The van der Waals surface area contributed by atoms with Crippen molar-refractivity contribution in [1.29, 1.82) is 0 Å². The minimum atomic E-state index is -1.11. The molecule has 2 heterocycles. The van der Waals surface area contributed by atoms with Crippen LogP contribution in [0.5, 0.6) is 11.6 Å². The van der Waals surface area contributed by atoms with Gasteiger partial charge in [-0.3, -0.25) is 4.98 Å². The van der Waals surface area contributed by atoms with Crippen LogP contribution in [-0.4, -0.2) is 21.0 Å². The van der Waals surface area contributed by atoms with Crippen LogP contribution in [0.15, 0.2) is 36.7 Å². The molecular weight excluding hydrogens is 244 g/mol. The molecule has 86 valence electrons. The number of carboxylic acids is 1. The molecule has 0 aliphatic heterocycles. The van der Waals surface area contributed by atoms with Crippen LogP contribution < -0.4 is 4.74 Å². The van der Waals surface area contributed by atoms with E-state index in [4.69, 9.17) is 21.4 Å². The standard InChI is InChI=1S/C11H7ClN2O3/c12-7-4-8(6-13-5-7)17-10-3-1-2-9(14-10)11(15)16/h1-6H,(H,15,16). The van der Waals surface area contributed by atoms with Crippen molar-refractivity contribution >= 4 is 17.6 Å². The van der Waals surface area contributed by atoms with Crippen molar-refractivity contribution in [2.24, 2.45) is 0 Å². The number of halogens is 1. The molecule has 1 N–H and O–H groups in total. The van der Waals surface area contributed by atoms with E-state index in [2.05, 4.69) is 9.97 Å². The van der Waals surface area contributed by atoms with E-state index in [0.717, 1.165) is 0 Å². The molecule has 17 heavy (non-hydrogen) atoms. The fraction of sp³-hybridized carbons (Fsp3) is 0. The predicted molar refractivity (Wildman–Crippen MR) is 60.5 cm³/mol. The molecule has 2 aromatic rings. The maximum Gasteiger partial charge on any atom is 0.354 e. The average molecular weight is 251 g/mol. The summed E-state index contributed by atoms with van der Waals surface area (Å²) in [5, 5.41) is 9.20. The first-order valence-corrected chi connectivity index (χ1v) is 5.02. The second-order valence-electron chi connectivity index (χ2n) is 3.11. The monoisotopic (exact) mass is 250 g/mol. The van der Waals surface area contributed by atoms with Gasteiger partial charge in [-0.1, -0.05) is 17.7 Å². The van der Waals surface area contributed by atoms with E-state index in [1.807, 2.05) is 0 Å². The quantitative estimate of drug-likeness (QED) is 0.907. The lowest BCUT2D eigenvalue weighted by Gasteiger charge is -2.04. The molecule has 0 unspecified atom stereocenters. The molecule has 0 amide bonds. The number of carboxylic acid groups (broad SMARTS) is 1. The van der Waals surface area contributed by atoms with Crippen molar-refractivity contribution in [2.75, 3.05) is 0 Å². The molecule has 0 radical (unpaired) electrons. The molecule has 0 spiro atoms. The van der Waals surface area contributed by atoms with Gasteiger partial charge in [0.15, 0.2) is 5.69 Å². The number of pyridine rings is 2. The molecule has 0 saturated heterocycles. The number of aromatic carboxylic acids is 1. The summed E-state index contributed by atoms with van der Waals surface area (Å²) < 4.78 is 5.33. The highest BCUT2D eigenvalue weighted by molar-refractivity contribution is 6.30. The normalized spacial score (nSPS) is 9.94. The number of rotatable bonds is 3. The van der Waals surface area contributed by atoms with Gasteiger partial charge in [-0.25, -0.2) is 9.78 Å². The van der Waals surface area contributed by atoms with Crippen LogP contribution in [-0.2, 0) is 0 Å². The minimum absolute atomic E-state index is 0.0857. The zero-order chi connectivity index (χ0) is 12.3. The fourth-order valence-electron chi connectivity index (χ4n) is 1.16. The van der Waals surface area contributed by atoms with E-state index in [0.29, 0.717) is 10.8 Å². The van der Waals surface area contributed by atoms with Gasteiger partial charge in [0.25, 0.3) is 0 Å². The van der Waals surface area contributed by atoms with Gasteiger partial charge in [-0.15, -0.1) is 0 Å². The van der Waals surface area contributed by atoms with E-state index >= 15 is 0 Å². The van der Waals surface area contributed by atoms with Gasteiger partial charge in [0.2, 0.25) is 5.88 Å². The Hall–Kier alpha value is -2.14. The fourth-order valence-corrected chi connectivity index (χ4v) is 1.32. The third kappa shape index (κ3) is 2.92. The van der Waals surface area contributed by atoms with Crippen LogP contribution in [0.3, 0.4) is 0 Å². The summed E-state index contributed by atoms with van der Waals surface area (Å²) in [5.41, 5.74) is -0.0857.